The van der Waals surface area contributed by atoms with Crippen molar-refractivity contribution in [1.29, 1.82) is 0 Å². The van der Waals surface area contributed by atoms with Crippen molar-refractivity contribution in [1.82, 2.24) is 20.1 Å². The zero-order chi connectivity index (χ0) is 23.7. The van der Waals surface area contributed by atoms with E-state index >= 15 is 0 Å². The maximum absolute atomic E-state index is 13.3. The third kappa shape index (κ3) is 6.60. The van der Waals surface area contributed by atoms with E-state index in [9.17, 15) is 14.7 Å². The molecule has 8 heteroatoms. The van der Waals surface area contributed by atoms with Crippen LogP contribution in [0.4, 0.5) is 4.79 Å². The van der Waals surface area contributed by atoms with Crippen LogP contribution in [0.1, 0.15) is 62.9 Å². The predicted octanol–water partition coefficient (Wildman–Crippen LogP) is 2.50. The number of aromatic nitrogens is 1. The van der Waals surface area contributed by atoms with E-state index < -0.39 is 0 Å². The molecular formula is C24H36N4O4. The fourth-order valence-electron chi connectivity index (χ4n) is 3.40. The second-order valence-corrected chi connectivity index (χ2v) is 8.36. The van der Waals surface area contributed by atoms with Crippen LogP contribution in [0.3, 0.4) is 0 Å². The van der Waals surface area contributed by atoms with E-state index in [1.165, 1.54) is 0 Å². The van der Waals surface area contributed by atoms with Gasteiger partial charge in [0, 0.05) is 44.2 Å². The number of unbranched alkanes of at least 4 members (excludes halogenated alkanes) is 1. The summed E-state index contributed by atoms with van der Waals surface area (Å²) in [6.45, 7) is 9.02. The Labute approximate surface area is 191 Å². The predicted molar refractivity (Wildman–Crippen MR) is 124 cm³/mol. The Morgan fingerprint density at radius 1 is 1.44 bits per heavy atom. The smallest absolute Gasteiger partial charge is 0.317 e. The van der Waals surface area contributed by atoms with Crippen LogP contribution < -0.4 is 10.1 Å². The minimum atomic E-state index is -0.378. The molecule has 0 saturated carbocycles. The first-order chi connectivity index (χ1) is 15.3. The Kier molecular flexibility index (Phi) is 9.79. The largest absolute Gasteiger partial charge is 0.472 e. The number of fused-ring (bicyclic) bond motifs is 1. The molecule has 0 bridgehead atoms. The van der Waals surface area contributed by atoms with E-state index in [0.29, 0.717) is 30.8 Å². The average molecular weight is 445 g/mol. The summed E-state index contributed by atoms with van der Waals surface area (Å²) >= 11 is 0. The molecule has 0 unspecified atom stereocenters. The van der Waals surface area contributed by atoms with Gasteiger partial charge in [-0.05, 0) is 25.8 Å². The second-order valence-electron chi connectivity index (χ2n) is 8.36. The van der Waals surface area contributed by atoms with Gasteiger partial charge < -0.3 is 25.0 Å². The highest BCUT2D eigenvalue weighted by Crippen LogP contribution is 2.27. The Hall–Kier alpha value is -2.79. The van der Waals surface area contributed by atoms with Crippen LogP contribution in [0.2, 0.25) is 0 Å². The van der Waals surface area contributed by atoms with Crippen LogP contribution in [0, 0.1) is 17.8 Å². The van der Waals surface area contributed by atoms with Crippen LogP contribution in [0.5, 0.6) is 5.88 Å². The summed E-state index contributed by atoms with van der Waals surface area (Å²) in [7, 11) is 1.72. The van der Waals surface area contributed by atoms with E-state index in [2.05, 4.69) is 29.1 Å². The van der Waals surface area contributed by atoms with E-state index in [1.54, 1.807) is 29.1 Å². The van der Waals surface area contributed by atoms with Gasteiger partial charge in [0.1, 0.15) is 11.7 Å². The maximum atomic E-state index is 13.3. The van der Waals surface area contributed by atoms with Crippen molar-refractivity contribution in [3.63, 3.8) is 0 Å². The van der Waals surface area contributed by atoms with Crippen LogP contribution in [-0.4, -0.2) is 77.3 Å². The fraction of sp³-hybridized carbons (Fsp3) is 0.625. The van der Waals surface area contributed by atoms with E-state index in [4.69, 9.17) is 4.74 Å². The standard InChI is InChI=1S/C24H36N4O4/c1-6-8-9-10-19-12-20-22(26-13-19)32-21(15-27(5)24(31)25-11-7-2)17(3)14-28(23(20)30)18(4)16-29/h12-13,17-18,21,29H,6-8,11,14-16H2,1-5H3,(H,25,31)/t17-,18+,21+/m1/s1. The summed E-state index contributed by atoms with van der Waals surface area (Å²) in [5.74, 6) is 6.01. The molecule has 176 valence electrons. The molecule has 1 aromatic rings. The summed E-state index contributed by atoms with van der Waals surface area (Å²) in [6, 6.07) is 1.17. The molecule has 8 nitrogen and oxygen atoms in total. The minimum Gasteiger partial charge on any atom is -0.472 e. The number of urea groups is 1. The second kappa shape index (κ2) is 12.3. The summed E-state index contributed by atoms with van der Waals surface area (Å²) < 4.78 is 6.20. The summed E-state index contributed by atoms with van der Waals surface area (Å²) in [5.41, 5.74) is 0.968. The number of amides is 3. The molecule has 0 fully saturated rings. The number of carbonyl (C=O) groups is 2. The fourth-order valence-corrected chi connectivity index (χ4v) is 3.40. The first-order valence-corrected chi connectivity index (χ1v) is 11.4. The lowest BCUT2D eigenvalue weighted by Crippen LogP contribution is -2.51. The number of aliphatic hydroxyl groups excluding tert-OH is 1. The SMILES string of the molecule is CCCC#Cc1cnc2c(c1)C(=O)N([C@@H](C)CO)C[C@@H](C)[C@H](CN(C)C(=O)NCCC)O2. The highest BCUT2D eigenvalue weighted by atomic mass is 16.5. The van der Waals surface area contributed by atoms with Gasteiger partial charge in [-0.2, -0.15) is 0 Å². The lowest BCUT2D eigenvalue weighted by molar-refractivity contribution is 0.0352. The number of carbonyl (C=O) groups excluding carboxylic acids is 2. The number of nitrogens with one attached hydrogen (secondary N) is 1. The zero-order valence-corrected chi connectivity index (χ0v) is 19.9. The number of rotatable bonds is 7. The molecule has 2 rings (SSSR count). The Bertz CT molecular complexity index is 848. The Morgan fingerprint density at radius 2 is 2.19 bits per heavy atom. The molecule has 1 aromatic heterocycles. The van der Waals surface area contributed by atoms with Gasteiger partial charge in [-0.1, -0.05) is 32.6 Å². The molecule has 1 aliphatic heterocycles. The third-order valence-electron chi connectivity index (χ3n) is 5.46. The Morgan fingerprint density at radius 3 is 2.84 bits per heavy atom. The summed E-state index contributed by atoms with van der Waals surface area (Å²) in [6.07, 6.45) is 3.80. The van der Waals surface area contributed by atoms with Crippen LogP contribution in [-0.2, 0) is 0 Å². The van der Waals surface area contributed by atoms with E-state index in [0.717, 1.165) is 19.3 Å². The van der Waals surface area contributed by atoms with Crippen molar-refractivity contribution in [2.75, 3.05) is 33.3 Å². The van der Waals surface area contributed by atoms with Gasteiger partial charge in [0.2, 0.25) is 5.88 Å². The molecule has 3 amide bonds. The minimum absolute atomic E-state index is 0.0895. The first kappa shape index (κ1) is 25.5. The molecule has 0 aromatic carbocycles. The third-order valence-corrected chi connectivity index (χ3v) is 5.46. The Balaban J connectivity index is 2.38. The molecule has 0 aliphatic carbocycles. The van der Waals surface area contributed by atoms with Gasteiger partial charge in [0.15, 0.2) is 0 Å². The van der Waals surface area contributed by atoms with Crippen molar-refractivity contribution in [2.24, 2.45) is 5.92 Å². The van der Waals surface area contributed by atoms with Crippen LogP contribution in [0.25, 0.3) is 0 Å². The molecular weight excluding hydrogens is 408 g/mol. The number of likely N-dealkylation sites (N-methyl/N-ethyl adjacent to an activating group) is 1. The highest BCUT2D eigenvalue weighted by molar-refractivity contribution is 5.97. The number of hydrogen-bond donors (Lipinski definition) is 2. The molecule has 0 saturated heterocycles. The van der Waals surface area contributed by atoms with Gasteiger partial charge in [-0.25, -0.2) is 9.78 Å². The van der Waals surface area contributed by atoms with E-state index in [1.807, 2.05) is 20.8 Å². The van der Waals surface area contributed by atoms with Crippen molar-refractivity contribution in [2.45, 2.75) is 59.1 Å². The monoisotopic (exact) mass is 444 g/mol. The molecule has 3 atom stereocenters. The van der Waals surface area contributed by atoms with Gasteiger partial charge in [0.05, 0.1) is 19.2 Å². The lowest BCUT2D eigenvalue weighted by atomic mass is 10.00. The number of ether oxygens (including phenoxy) is 1. The molecule has 1 aliphatic rings. The van der Waals surface area contributed by atoms with Crippen molar-refractivity contribution >= 4 is 11.9 Å². The molecule has 2 heterocycles. The van der Waals surface area contributed by atoms with Gasteiger partial charge in [-0.3, -0.25) is 4.79 Å². The van der Waals surface area contributed by atoms with Crippen molar-refractivity contribution < 1.29 is 19.4 Å². The molecule has 0 spiro atoms. The number of hydrogen-bond acceptors (Lipinski definition) is 5. The summed E-state index contributed by atoms with van der Waals surface area (Å²) in [4.78, 5) is 33.3. The first-order valence-electron chi connectivity index (χ1n) is 11.4. The average Bonchev–Trinajstić information content (AvgIpc) is 2.79. The molecule has 0 radical (unpaired) electrons. The number of pyridine rings is 1. The summed E-state index contributed by atoms with van der Waals surface area (Å²) in [5, 5.41) is 12.6. The van der Waals surface area contributed by atoms with E-state index in [-0.39, 0.29) is 42.5 Å². The lowest BCUT2D eigenvalue weighted by Gasteiger charge is -2.37. The van der Waals surface area contributed by atoms with Crippen molar-refractivity contribution in [3.05, 3.63) is 23.4 Å². The van der Waals surface area contributed by atoms with Gasteiger partial charge in [0.25, 0.3) is 5.91 Å². The normalized spacial score (nSPS) is 18.9. The zero-order valence-electron chi connectivity index (χ0n) is 19.9. The number of aliphatic hydroxyl groups is 1. The molecule has 2 N–H and O–H groups in total. The number of nitrogens with zero attached hydrogens (tertiary/aromatic N) is 3. The molecule has 32 heavy (non-hydrogen) atoms. The van der Waals surface area contributed by atoms with Crippen molar-refractivity contribution in [3.8, 4) is 17.7 Å². The quantitative estimate of drug-likeness (QED) is 0.630. The van der Waals surface area contributed by atoms with Crippen LogP contribution in [0.15, 0.2) is 12.3 Å². The topological polar surface area (TPSA) is 95.0 Å². The van der Waals surface area contributed by atoms with Gasteiger partial charge >= 0.3 is 6.03 Å². The maximum Gasteiger partial charge on any atom is 0.317 e. The highest BCUT2D eigenvalue weighted by Gasteiger charge is 2.34. The van der Waals surface area contributed by atoms with Gasteiger partial charge in [-0.15, -0.1) is 0 Å². The van der Waals surface area contributed by atoms with Crippen LogP contribution >= 0.6 is 0 Å².